The van der Waals surface area contributed by atoms with Crippen molar-refractivity contribution in [1.29, 1.82) is 0 Å². The highest BCUT2D eigenvalue weighted by Gasteiger charge is 2.40. The first-order valence-electron chi connectivity index (χ1n) is 9.58. The third-order valence-corrected chi connectivity index (χ3v) is 5.52. The number of carbonyl (C=O) groups excluding carboxylic acids is 1. The number of benzene rings is 1. The zero-order chi connectivity index (χ0) is 19.4. The van der Waals surface area contributed by atoms with Crippen molar-refractivity contribution in [3.63, 3.8) is 0 Å². The number of aryl methyl sites for hydroxylation is 1. The molecule has 0 bridgehead atoms. The van der Waals surface area contributed by atoms with Crippen molar-refractivity contribution in [1.82, 2.24) is 15.1 Å². The summed E-state index contributed by atoms with van der Waals surface area (Å²) in [5.41, 5.74) is 2.35. The second kappa shape index (κ2) is 7.94. The third-order valence-electron chi connectivity index (χ3n) is 5.52. The Balaban J connectivity index is 1.80. The van der Waals surface area contributed by atoms with E-state index in [1.165, 1.54) is 0 Å². The van der Waals surface area contributed by atoms with Crippen molar-refractivity contribution in [3.05, 3.63) is 47.3 Å². The molecule has 1 aromatic heterocycles. The van der Waals surface area contributed by atoms with Gasteiger partial charge in [-0.25, -0.2) is 9.48 Å². The predicted octanol–water partition coefficient (Wildman–Crippen LogP) is 3.33. The summed E-state index contributed by atoms with van der Waals surface area (Å²) in [7, 11) is 0. The van der Waals surface area contributed by atoms with Gasteiger partial charge in [0, 0.05) is 11.3 Å². The van der Waals surface area contributed by atoms with Crippen molar-refractivity contribution in [2.75, 3.05) is 0 Å². The first kappa shape index (κ1) is 19.1. The second-order valence-corrected chi connectivity index (χ2v) is 7.42. The van der Waals surface area contributed by atoms with Gasteiger partial charge in [-0.15, -0.1) is 0 Å². The molecule has 27 heavy (non-hydrogen) atoms. The number of hydrogen-bond acceptors (Lipinski definition) is 3. The Morgan fingerprint density at radius 1 is 1.11 bits per heavy atom. The molecule has 144 valence electrons. The van der Waals surface area contributed by atoms with E-state index in [-0.39, 0.29) is 12.3 Å². The summed E-state index contributed by atoms with van der Waals surface area (Å²) >= 11 is 0. The van der Waals surface area contributed by atoms with E-state index in [1.54, 1.807) is 0 Å². The van der Waals surface area contributed by atoms with Crippen molar-refractivity contribution < 1.29 is 14.7 Å². The Labute approximate surface area is 159 Å². The molecule has 0 unspecified atom stereocenters. The maximum absolute atomic E-state index is 12.7. The number of amides is 1. The number of nitrogens with zero attached hydrogens (tertiary/aromatic N) is 2. The summed E-state index contributed by atoms with van der Waals surface area (Å²) in [6.07, 6.45) is 4.83. The number of carboxylic acid groups (broad SMARTS) is 1. The maximum atomic E-state index is 12.7. The lowest BCUT2D eigenvalue weighted by atomic mass is 9.90. The van der Waals surface area contributed by atoms with E-state index in [0.29, 0.717) is 12.8 Å². The van der Waals surface area contributed by atoms with Crippen LogP contribution in [-0.2, 0) is 16.0 Å². The van der Waals surface area contributed by atoms with Gasteiger partial charge in [-0.05, 0) is 38.8 Å². The fourth-order valence-corrected chi connectivity index (χ4v) is 3.95. The standard InChI is InChI=1S/C21H27N3O3/c1-15-18(16(2)24(23-15)17-10-6-5-7-11-17)14-19(25)22-21(20(26)27)12-8-3-4-9-13-21/h5-7,10-11H,3-4,8-9,12-14H2,1-2H3,(H,22,25)(H,26,27). The SMILES string of the molecule is Cc1nn(-c2ccccc2)c(C)c1CC(=O)NC1(C(=O)O)CCCCCC1. The van der Waals surface area contributed by atoms with Crippen molar-refractivity contribution in [2.45, 2.75) is 64.3 Å². The van der Waals surface area contributed by atoms with Crippen molar-refractivity contribution in [2.24, 2.45) is 0 Å². The maximum Gasteiger partial charge on any atom is 0.329 e. The molecule has 1 amide bonds. The zero-order valence-electron chi connectivity index (χ0n) is 16.0. The molecular weight excluding hydrogens is 342 g/mol. The van der Waals surface area contributed by atoms with Crippen LogP contribution in [-0.4, -0.2) is 32.3 Å². The van der Waals surface area contributed by atoms with Crippen LogP contribution in [0.1, 0.15) is 55.5 Å². The number of carboxylic acids is 1. The van der Waals surface area contributed by atoms with E-state index >= 15 is 0 Å². The Morgan fingerprint density at radius 3 is 2.33 bits per heavy atom. The second-order valence-electron chi connectivity index (χ2n) is 7.42. The average Bonchev–Trinajstić information content (AvgIpc) is 2.82. The largest absolute Gasteiger partial charge is 0.480 e. The highest BCUT2D eigenvalue weighted by molar-refractivity contribution is 5.88. The summed E-state index contributed by atoms with van der Waals surface area (Å²) in [5, 5.41) is 17.2. The minimum atomic E-state index is -1.13. The van der Waals surface area contributed by atoms with Gasteiger partial charge in [0.2, 0.25) is 5.91 Å². The molecule has 0 aliphatic heterocycles. The molecule has 3 rings (SSSR count). The van der Waals surface area contributed by atoms with Gasteiger partial charge in [-0.2, -0.15) is 5.10 Å². The fraction of sp³-hybridized carbons (Fsp3) is 0.476. The lowest BCUT2D eigenvalue weighted by molar-refractivity contribution is -0.148. The van der Waals surface area contributed by atoms with Gasteiger partial charge in [-0.3, -0.25) is 4.79 Å². The number of para-hydroxylation sites is 1. The summed E-state index contributed by atoms with van der Waals surface area (Å²) in [6, 6.07) is 9.77. The monoisotopic (exact) mass is 369 g/mol. The van der Waals surface area contributed by atoms with Gasteiger partial charge in [0.05, 0.1) is 17.8 Å². The number of aromatic nitrogens is 2. The molecule has 6 heteroatoms. The van der Waals surface area contributed by atoms with Crippen LogP contribution in [0.3, 0.4) is 0 Å². The first-order valence-corrected chi connectivity index (χ1v) is 9.58. The van der Waals surface area contributed by atoms with Crippen molar-refractivity contribution in [3.8, 4) is 5.69 Å². The van der Waals surface area contributed by atoms with E-state index < -0.39 is 11.5 Å². The van der Waals surface area contributed by atoms with Crippen LogP contribution < -0.4 is 5.32 Å². The summed E-state index contributed by atoms with van der Waals surface area (Å²) in [4.78, 5) is 24.7. The predicted molar refractivity (Wildman–Crippen MR) is 103 cm³/mol. The van der Waals surface area contributed by atoms with Crippen LogP contribution in [0.4, 0.5) is 0 Å². The van der Waals surface area contributed by atoms with Gasteiger partial charge < -0.3 is 10.4 Å². The summed E-state index contributed by atoms with van der Waals surface area (Å²) in [5.74, 6) is -1.18. The molecule has 2 N–H and O–H groups in total. The van der Waals surface area contributed by atoms with Gasteiger partial charge in [0.1, 0.15) is 5.54 Å². The van der Waals surface area contributed by atoms with Crippen LogP contribution in [0, 0.1) is 13.8 Å². The smallest absolute Gasteiger partial charge is 0.329 e. The van der Waals surface area contributed by atoms with E-state index in [1.807, 2.05) is 48.9 Å². The molecule has 1 fully saturated rings. The Bertz CT molecular complexity index is 819. The van der Waals surface area contributed by atoms with Crippen LogP contribution in [0.5, 0.6) is 0 Å². The molecule has 1 saturated carbocycles. The molecule has 1 heterocycles. The number of aliphatic carboxylic acids is 1. The number of rotatable bonds is 5. The Kier molecular flexibility index (Phi) is 5.63. The highest BCUT2D eigenvalue weighted by atomic mass is 16.4. The lowest BCUT2D eigenvalue weighted by Gasteiger charge is -2.29. The molecule has 0 saturated heterocycles. The van der Waals surface area contributed by atoms with E-state index in [4.69, 9.17) is 0 Å². The fourth-order valence-electron chi connectivity index (χ4n) is 3.95. The lowest BCUT2D eigenvalue weighted by Crippen LogP contribution is -2.54. The van der Waals surface area contributed by atoms with Crippen LogP contribution in [0.2, 0.25) is 0 Å². The first-order chi connectivity index (χ1) is 12.9. The summed E-state index contributed by atoms with van der Waals surface area (Å²) < 4.78 is 1.83. The molecule has 0 radical (unpaired) electrons. The minimum Gasteiger partial charge on any atom is -0.480 e. The van der Waals surface area contributed by atoms with Gasteiger partial charge >= 0.3 is 5.97 Å². The van der Waals surface area contributed by atoms with Crippen molar-refractivity contribution >= 4 is 11.9 Å². The topological polar surface area (TPSA) is 84.2 Å². The summed E-state index contributed by atoms with van der Waals surface area (Å²) in [6.45, 7) is 3.82. The van der Waals surface area contributed by atoms with E-state index in [2.05, 4.69) is 10.4 Å². The molecule has 2 aromatic rings. The molecule has 0 atom stereocenters. The zero-order valence-corrected chi connectivity index (χ0v) is 16.0. The third kappa shape index (κ3) is 4.04. The quantitative estimate of drug-likeness (QED) is 0.792. The molecule has 6 nitrogen and oxygen atoms in total. The van der Waals surface area contributed by atoms with E-state index in [0.717, 1.165) is 48.3 Å². The highest BCUT2D eigenvalue weighted by Crippen LogP contribution is 2.28. The molecule has 1 aromatic carbocycles. The molecular formula is C21H27N3O3. The van der Waals surface area contributed by atoms with Crippen LogP contribution in [0.15, 0.2) is 30.3 Å². The minimum absolute atomic E-state index is 0.138. The number of carbonyl (C=O) groups is 2. The van der Waals surface area contributed by atoms with Crippen LogP contribution in [0.25, 0.3) is 5.69 Å². The average molecular weight is 369 g/mol. The van der Waals surface area contributed by atoms with E-state index in [9.17, 15) is 14.7 Å². The molecule has 1 aliphatic carbocycles. The normalized spacial score (nSPS) is 16.5. The Morgan fingerprint density at radius 2 is 1.74 bits per heavy atom. The van der Waals surface area contributed by atoms with Gasteiger partial charge in [-0.1, -0.05) is 43.9 Å². The molecule has 1 aliphatic rings. The van der Waals surface area contributed by atoms with Gasteiger partial charge in [0.25, 0.3) is 0 Å². The number of nitrogens with one attached hydrogen (secondary N) is 1. The Hall–Kier alpha value is -2.63. The van der Waals surface area contributed by atoms with Crippen LogP contribution >= 0.6 is 0 Å². The number of hydrogen-bond donors (Lipinski definition) is 2. The van der Waals surface area contributed by atoms with Gasteiger partial charge in [0.15, 0.2) is 0 Å². The molecule has 0 spiro atoms.